The van der Waals surface area contributed by atoms with Gasteiger partial charge in [-0.05, 0) is 13.8 Å². The van der Waals surface area contributed by atoms with Gasteiger partial charge in [0.15, 0.2) is 12.6 Å². The standard InChI is InChI=1S/C8H16Cl2O3/c1-3-11-7(5-9)13-8(6-10)12-4-2/h7-8H,3-6H2,1-2H3. The highest BCUT2D eigenvalue weighted by Gasteiger charge is 2.14. The van der Waals surface area contributed by atoms with Crippen molar-refractivity contribution in [3.05, 3.63) is 0 Å². The lowest BCUT2D eigenvalue weighted by Crippen LogP contribution is -2.29. The molecule has 2 unspecified atom stereocenters. The van der Waals surface area contributed by atoms with Crippen LogP contribution in [-0.4, -0.2) is 37.6 Å². The van der Waals surface area contributed by atoms with Crippen molar-refractivity contribution >= 4 is 23.2 Å². The maximum Gasteiger partial charge on any atom is 0.174 e. The second-order valence-electron chi connectivity index (χ2n) is 2.21. The van der Waals surface area contributed by atoms with E-state index in [-0.39, 0.29) is 11.8 Å². The lowest BCUT2D eigenvalue weighted by molar-refractivity contribution is -0.225. The third-order valence-corrected chi connectivity index (χ3v) is 1.76. The maximum absolute atomic E-state index is 5.60. The van der Waals surface area contributed by atoms with Gasteiger partial charge in [-0.1, -0.05) is 0 Å². The van der Waals surface area contributed by atoms with Crippen molar-refractivity contribution in [3.63, 3.8) is 0 Å². The summed E-state index contributed by atoms with van der Waals surface area (Å²) in [6.07, 6.45) is -0.885. The summed E-state index contributed by atoms with van der Waals surface area (Å²) in [7, 11) is 0. The molecule has 0 aromatic carbocycles. The Bertz CT molecular complexity index is 102. The van der Waals surface area contributed by atoms with Crippen LogP contribution in [0.2, 0.25) is 0 Å². The fourth-order valence-electron chi connectivity index (χ4n) is 0.781. The van der Waals surface area contributed by atoms with Crippen molar-refractivity contribution in [1.82, 2.24) is 0 Å². The largest absolute Gasteiger partial charge is 0.352 e. The first-order valence-corrected chi connectivity index (χ1v) is 5.35. The summed E-state index contributed by atoms with van der Waals surface area (Å²) in [5.74, 6) is 0.544. The van der Waals surface area contributed by atoms with Gasteiger partial charge in [0.2, 0.25) is 0 Å². The number of ether oxygens (including phenoxy) is 3. The van der Waals surface area contributed by atoms with E-state index in [1.54, 1.807) is 0 Å². The van der Waals surface area contributed by atoms with Crippen molar-refractivity contribution in [1.29, 1.82) is 0 Å². The minimum Gasteiger partial charge on any atom is -0.352 e. The highest BCUT2D eigenvalue weighted by atomic mass is 35.5. The molecule has 13 heavy (non-hydrogen) atoms. The predicted molar refractivity (Wildman–Crippen MR) is 53.4 cm³/mol. The smallest absolute Gasteiger partial charge is 0.174 e. The van der Waals surface area contributed by atoms with E-state index in [1.807, 2.05) is 13.8 Å². The molecule has 0 aliphatic heterocycles. The number of alkyl halides is 2. The van der Waals surface area contributed by atoms with Crippen LogP contribution in [0.4, 0.5) is 0 Å². The fraction of sp³-hybridized carbons (Fsp3) is 1.00. The third-order valence-electron chi connectivity index (χ3n) is 1.26. The molecule has 80 valence electrons. The van der Waals surface area contributed by atoms with Crippen molar-refractivity contribution < 1.29 is 14.2 Å². The van der Waals surface area contributed by atoms with Gasteiger partial charge in [0.05, 0.1) is 11.8 Å². The maximum atomic E-state index is 5.60. The topological polar surface area (TPSA) is 27.7 Å². The van der Waals surface area contributed by atoms with Crippen LogP contribution in [0.5, 0.6) is 0 Å². The van der Waals surface area contributed by atoms with Gasteiger partial charge in [0, 0.05) is 13.2 Å². The number of hydrogen-bond donors (Lipinski definition) is 0. The van der Waals surface area contributed by atoms with Crippen LogP contribution in [-0.2, 0) is 14.2 Å². The van der Waals surface area contributed by atoms with Gasteiger partial charge in [0.25, 0.3) is 0 Å². The van der Waals surface area contributed by atoms with Gasteiger partial charge in [0.1, 0.15) is 0 Å². The zero-order valence-electron chi connectivity index (χ0n) is 7.96. The first kappa shape index (κ1) is 13.5. The van der Waals surface area contributed by atoms with Gasteiger partial charge in [-0.15, -0.1) is 23.2 Å². The third kappa shape index (κ3) is 6.52. The van der Waals surface area contributed by atoms with E-state index in [0.717, 1.165) is 0 Å². The molecule has 0 aromatic rings. The quantitative estimate of drug-likeness (QED) is 0.473. The van der Waals surface area contributed by atoms with Gasteiger partial charge >= 0.3 is 0 Å². The molecule has 0 heterocycles. The Morgan fingerprint density at radius 2 is 1.31 bits per heavy atom. The Morgan fingerprint density at radius 3 is 1.54 bits per heavy atom. The zero-order chi connectivity index (χ0) is 10.1. The van der Waals surface area contributed by atoms with Crippen molar-refractivity contribution in [3.8, 4) is 0 Å². The summed E-state index contributed by atoms with van der Waals surface area (Å²) in [5, 5.41) is 0. The van der Waals surface area contributed by atoms with E-state index >= 15 is 0 Å². The molecule has 5 heteroatoms. The van der Waals surface area contributed by atoms with E-state index in [9.17, 15) is 0 Å². The minimum absolute atomic E-state index is 0.272. The van der Waals surface area contributed by atoms with E-state index in [4.69, 9.17) is 37.4 Å². The Morgan fingerprint density at radius 1 is 0.923 bits per heavy atom. The molecular formula is C8H16Cl2O3. The molecule has 0 saturated heterocycles. The molecule has 0 N–H and O–H groups in total. The molecule has 0 spiro atoms. The fourth-order valence-corrected chi connectivity index (χ4v) is 1.11. The number of rotatable bonds is 8. The molecule has 2 atom stereocenters. The van der Waals surface area contributed by atoms with Crippen LogP contribution < -0.4 is 0 Å². The summed E-state index contributed by atoms with van der Waals surface area (Å²) in [5.41, 5.74) is 0. The average molecular weight is 231 g/mol. The Kier molecular flexibility index (Phi) is 9.35. The van der Waals surface area contributed by atoms with Crippen molar-refractivity contribution in [2.45, 2.75) is 26.4 Å². The Labute approximate surface area is 89.2 Å². The van der Waals surface area contributed by atoms with Crippen molar-refractivity contribution in [2.24, 2.45) is 0 Å². The van der Waals surface area contributed by atoms with Crippen LogP contribution in [0, 0.1) is 0 Å². The Balaban J connectivity index is 3.73. The highest BCUT2D eigenvalue weighted by molar-refractivity contribution is 6.18. The number of hydrogen-bond acceptors (Lipinski definition) is 3. The normalized spacial score (nSPS) is 15.7. The molecule has 0 aliphatic rings. The molecule has 0 amide bonds. The minimum atomic E-state index is -0.443. The van der Waals surface area contributed by atoms with Crippen LogP contribution in [0.3, 0.4) is 0 Å². The molecule has 0 bridgehead atoms. The van der Waals surface area contributed by atoms with Crippen LogP contribution in [0.15, 0.2) is 0 Å². The lowest BCUT2D eigenvalue weighted by Gasteiger charge is -2.21. The lowest BCUT2D eigenvalue weighted by atomic mass is 10.6. The second-order valence-corrected chi connectivity index (χ2v) is 2.83. The van der Waals surface area contributed by atoms with E-state index < -0.39 is 12.6 Å². The van der Waals surface area contributed by atoms with Gasteiger partial charge in [-0.3, -0.25) is 0 Å². The van der Waals surface area contributed by atoms with E-state index in [0.29, 0.717) is 13.2 Å². The highest BCUT2D eigenvalue weighted by Crippen LogP contribution is 2.06. The molecule has 0 aromatic heterocycles. The first-order chi connectivity index (χ1) is 6.28. The van der Waals surface area contributed by atoms with E-state index in [1.165, 1.54) is 0 Å². The van der Waals surface area contributed by atoms with Crippen LogP contribution >= 0.6 is 23.2 Å². The molecule has 3 nitrogen and oxygen atoms in total. The summed E-state index contributed by atoms with van der Waals surface area (Å²) in [6.45, 7) is 4.86. The molecular weight excluding hydrogens is 215 g/mol. The SMILES string of the molecule is CCOC(CCl)OC(CCl)OCC. The monoisotopic (exact) mass is 230 g/mol. The summed E-state index contributed by atoms with van der Waals surface area (Å²) < 4.78 is 15.7. The molecule has 0 radical (unpaired) electrons. The second kappa shape index (κ2) is 9.03. The summed E-state index contributed by atoms with van der Waals surface area (Å²) >= 11 is 11.2. The molecule has 0 aliphatic carbocycles. The van der Waals surface area contributed by atoms with E-state index in [2.05, 4.69) is 0 Å². The van der Waals surface area contributed by atoms with Gasteiger partial charge in [-0.25, -0.2) is 0 Å². The summed E-state index contributed by atoms with van der Waals surface area (Å²) in [6, 6.07) is 0. The Hall–Kier alpha value is 0.460. The number of halogens is 2. The zero-order valence-corrected chi connectivity index (χ0v) is 9.48. The van der Waals surface area contributed by atoms with Crippen molar-refractivity contribution in [2.75, 3.05) is 25.0 Å². The van der Waals surface area contributed by atoms with Crippen LogP contribution in [0.25, 0.3) is 0 Å². The summed E-state index contributed by atoms with van der Waals surface area (Å²) in [4.78, 5) is 0. The molecule has 0 fully saturated rings. The van der Waals surface area contributed by atoms with Crippen LogP contribution in [0.1, 0.15) is 13.8 Å². The molecule has 0 saturated carbocycles. The average Bonchev–Trinajstić information content (AvgIpc) is 2.16. The van der Waals surface area contributed by atoms with Gasteiger partial charge in [-0.2, -0.15) is 0 Å². The van der Waals surface area contributed by atoms with Gasteiger partial charge < -0.3 is 14.2 Å². The first-order valence-electron chi connectivity index (χ1n) is 4.29. The molecule has 0 rings (SSSR count). The predicted octanol–water partition coefficient (Wildman–Crippen LogP) is 2.21.